The van der Waals surface area contributed by atoms with Gasteiger partial charge in [-0.3, -0.25) is 9.59 Å². The first-order valence-corrected chi connectivity index (χ1v) is 11.3. The average Bonchev–Trinajstić information content (AvgIpc) is 3.31. The molecule has 1 aromatic heterocycles. The van der Waals surface area contributed by atoms with E-state index in [1.54, 1.807) is 11.3 Å². The van der Waals surface area contributed by atoms with Gasteiger partial charge in [0, 0.05) is 19.5 Å². The fraction of sp³-hybridized carbons (Fsp3) is 0.500. The van der Waals surface area contributed by atoms with Crippen LogP contribution in [-0.4, -0.2) is 51.5 Å². The van der Waals surface area contributed by atoms with E-state index >= 15 is 0 Å². The van der Waals surface area contributed by atoms with E-state index in [4.69, 9.17) is 5.73 Å². The molecule has 4 N–H and O–H groups in total. The van der Waals surface area contributed by atoms with Gasteiger partial charge in [0.2, 0.25) is 11.8 Å². The molecule has 3 atom stereocenters. The molecule has 1 saturated heterocycles. The molecule has 4 rings (SSSR count). The number of β-amino-alcohol motifs (C(OH)–C–C–N with tert-alkyl or cyclic N) is 1. The van der Waals surface area contributed by atoms with Crippen LogP contribution in [0.5, 0.6) is 0 Å². The average molecular weight is 429 g/mol. The number of aliphatic hydroxyl groups is 1. The Morgan fingerprint density at radius 1 is 1.33 bits per heavy atom. The lowest BCUT2D eigenvalue weighted by atomic mass is 10.1. The molecule has 2 aromatic rings. The number of nitrogens with one attached hydrogen (secondary N) is 1. The van der Waals surface area contributed by atoms with Gasteiger partial charge in [-0.2, -0.15) is 0 Å². The van der Waals surface area contributed by atoms with Gasteiger partial charge in [0.1, 0.15) is 6.04 Å². The van der Waals surface area contributed by atoms with Gasteiger partial charge in [0.15, 0.2) is 0 Å². The summed E-state index contributed by atoms with van der Waals surface area (Å²) in [5.74, 6) is 0.0456. The number of hydrogen-bond acceptors (Lipinski definition) is 6. The van der Waals surface area contributed by atoms with Gasteiger partial charge < -0.3 is 21.1 Å². The van der Waals surface area contributed by atoms with Gasteiger partial charge in [-0.15, -0.1) is 11.3 Å². The van der Waals surface area contributed by atoms with Gasteiger partial charge >= 0.3 is 0 Å². The van der Waals surface area contributed by atoms with Crippen LogP contribution >= 0.6 is 11.3 Å². The minimum absolute atomic E-state index is 0.165. The highest BCUT2D eigenvalue weighted by atomic mass is 32.1. The molecule has 0 unspecified atom stereocenters. The van der Waals surface area contributed by atoms with E-state index < -0.39 is 18.2 Å². The number of amides is 2. The minimum atomic E-state index is -0.695. The van der Waals surface area contributed by atoms with E-state index in [1.165, 1.54) is 4.90 Å². The summed E-state index contributed by atoms with van der Waals surface area (Å²) in [6.45, 7) is 2.52. The Labute approximate surface area is 180 Å². The number of benzene rings is 1. The second-order valence-electron chi connectivity index (χ2n) is 8.36. The molecule has 160 valence electrons. The molecule has 1 aliphatic heterocycles. The number of aliphatic hydroxyl groups excluding tert-OH is 1. The highest BCUT2D eigenvalue weighted by Crippen LogP contribution is 2.34. The summed E-state index contributed by atoms with van der Waals surface area (Å²) in [7, 11) is 0. The van der Waals surface area contributed by atoms with E-state index in [-0.39, 0.29) is 24.8 Å². The molecule has 1 saturated carbocycles. The first-order valence-electron chi connectivity index (χ1n) is 10.4. The molecular weight excluding hydrogens is 400 g/mol. The van der Waals surface area contributed by atoms with Crippen molar-refractivity contribution in [2.24, 2.45) is 11.7 Å². The number of thiazole rings is 1. The van der Waals surface area contributed by atoms with Gasteiger partial charge in [-0.05, 0) is 30.4 Å². The van der Waals surface area contributed by atoms with Crippen molar-refractivity contribution >= 4 is 23.2 Å². The molecule has 7 nitrogen and oxygen atoms in total. The molecule has 2 aliphatic rings. The van der Waals surface area contributed by atoms with Gasteiger partial charge in [-0.1, -0.05) is 37.1 Å². The number of carbonyl (C=O) groups is 2. The SMILES string of the molecule is Cc1ncsc1-c1ccc(CNC(=O)[C@@H]2C[C@@H](O)CN2C(=O)[C@@H](N)CC2CC2)cc1. The van der Waals surface area contributed by atoms with E-state index in [0.717, 1.165) is 34.5 Å². The first kappa shape index (κ1) is 21.0. The number of hydrogen-bond donors (Lipinski definition) is 3. The quantitative estimate of drug-likeness (QED) is 0.623. The van der Waals surface area contributed by atoms with Crippen molar-refractivity contribution in [3.8, 4) is 10.4 Å². The summed E-state index contributed by atoms with van der Waals surface area (Å²) >= 11 is 1.60. The van der Waals surface area contributed by atoms with E-state index in [9.17, 15) is 14.7 Å². The zero-order chi connectivity index (χ0) is 21.3. The Bertz CT molecular complexity index is 909. The van der Waals surface area contributed by atoms with Gasteiger partial charge in [-0.25, -0.2) is 4.98 Å². The van der Waals surface area contributed by atoms with Crippen molar-refractivity contribution in [3.05, 3.63) is 41.0 Å². The van der Waals surface area contributed by atoms with Crippen molar-refractivity contribution in [3.63, 3.8) is 0 Å². The van der Waals surface area contributed by atoms with Crippen LogP contribution in [0.2, 0.25) is 0 Å². The highest BCUT2D eigenvalue weighted by molar-refractivity contribution is 7.13. The molecular formula is C22H28N4O3S. The Morgan fingerprint density at radius 3 is 2.70 bits per heavy atom. The van der Waals surface area contributed by atoms with Crippen LogP contribution in [0.1, 0.15) is 36.9 Å². The maximum Gasteiger partial charge on any atom is 0.243 e. The van der Waals surface area contributed by atoms with E-state index in [1.807, 2.05) is 36.7 Å². The fourth-order valence-electron chi connectivity index (χ4n) is 3.99. The standard InChI is InChI=1S/C22H28N4O3S/c1-13-20(30-12-25-13)16-6-4-15(5-7-16)10-24-21(28)19-9-17(27)11-26(19)22(29)18(23)8-14-2-3-14/h4-7,12,14,17-19,27H,2-3,8-11,23H2,1H3,(H,24,28)/t17-,18+,19+/m1/s1. The highest BCUT2D eigenvalue weighted by Gasteiger charge is 2.41. The van der Waals surface area contributed by atoms with Crippen LogP contribution in [0, 0.1) is 12.8 Å². The van der Waals surface area contributed by atoms with E-state index in [2.05, 4.69) is 10.3 Å². The molecule has 2 heterocycles. The van der Waals surface area contributed by atoms with Crippen molar-refractivity contribution in [1.82, 2.24) is 15.2 Å². The number of carbonyl (C=O) groups excluding carboxylic acids is 2. The maximum absolute atomic E-state index is 12.8. The summed E-state index contributed by atoms with van der Waals surface area (Å²) < 4.78 is 0. The summed E-state index contributed by atoms with van der Waals surface area (Å²) in [5.41, 5.74) is 11.0. The van der Waals surface area contributed by atoms with Crippen LogP contribution in [0.4, 0.5) is 0 Å². The van der Waals surface area contributed by atoms with Gasteiger partial charge in [0.25, 0.3) is 0 Å². The fourth-order valence-corrected chi connectivity index (χ4v) is 4.80. The first-order chi connectivity index (χ1) is 14.4. The summed E-state index contributed by atoms with van der Waals surface area (Å²) in [6, 6.07) is 6.74. The smallest absolute Gasteiger partial charge is 0.243 e. The zero-order valence-corrected chi connectivity index (χ0v) is 17.9. The normalized spacial score (nSPS) is 22.2. The Balaban J connectivity index is 1.35. The molecule has 30 heavy (non-hydrogen) atoms. The van der Waals surface area contributed by atoms with Crippen molar-refractivity contribution < 1.29 is 14.7 Å². The topological polar surface area (TPSA) is 109 Å². The van der Waals surface area contributed by atoms with Crippen molar-refractivity contribution in [2.75, 3.05) is 6.54 Å². The second-order valence-corrected chi connectivity index (χ2v) is 9.22. The molecule has 1 aliphatic carbocycles. The van der Waals surface area contributed by atoms with Crippen LogP contribution < -0.4 is 11.1 Å². The van der Waals surface area contributed by atoms with Crippen LogP contribution in [0.3, 0.4) is 0 Å². The Kier molecular flexibility index (Phi) is 6.17. The lowest BCUT2D eigenvalue weighted by Gasteiger charge is -2.26. The van der Waals surface area contributed by atoms with Crippen LogP contribution in [0.25, 0.3) is 10.4 Å². The number of nitrogens with zero attached hydrogens (tertiary/aromatic N) is 2. The van der Waals surface area contributed by atoms with Crippen LogP contribution in [0.15, 0.2) is 29.8 Å². The number of aromatic nitrogens is 1. The Hall–Kier alpha value is -2.29. The largest absolute Gasteiger partial charge is 0.391 e. The minimum Gasteiger partial charge on any atom is -0.391 e. The third kappa shape index (κ3) is 4.71. The second kappa shape index (κ2) is 8.83. The van der Waals surface area contributed by atoms with Gasteiger partial charge in [0.05, 0.1) is 28.2 Å². The predicted octanol–water partition coefficient (Wildman–Crippen LogP) is 1.82. The summed E-state index contributed by atoms with van der Waals surface area (Å²) in [6.07, 6.45) is 2.45. The summed E-state index contributed by atoms with van der Waals surface area (Å²) in [4.78, 5) is 32.4. The number of likely N-dealkylation sites (tertiary alicyclic amines) is 1. The maximum atomic E-state index is 12.8. The molecule has 0 radical (unpaired) electrons. The number of rotatable bonds is 7. The van der Waals surface area contributed by atoms with Crippen molar-refractivity contribution in [2.45, 2.75) is 57.3 Å². The third-order valence-electron chi connectivity index (χ3n) is 5.89. The Morgan fingerprint density at radius 2 is 2.07 bits per heavy atom. The van der Waals surface area contributed by atoms with E-state index in [0.29, 0.717) is 18.9 Å². The lowest BCUT2D eigenvalue weighted by Crippen LogP contribution is -2.51. The number of aryl methyl sites for hydroxylation is 1. The molecule has 1 aromatic carbocycles. The van der Waals surface area contributed by atoms with Crippen LogP contribution in [-0.2, 0) is 16.1 Å². The number of nitrogens with two attached hydrogens (primary N) is 1. The monoisotopic (exact) mass is 428 g/mol. The lowest BCUT2D eigenvalue weighted by molar-refractivity contribution is -0.139. The molecule has 2 fully saturated rings. The zero-order valence-electron chi connectivity index (χ0n) is 17.1. The third-order valence-corrected chi connectivity index (χ3v) is 6.87. The summed E-state index contributed by atoms with van der Waals surface area (Å²) in [5, 5.41) is 13.0. The molecule has 0 spiro atoms. The molecule has 8 heteroatoms. The molecule has 2 amide bonds. The van der Waals surface area contributed by atoms with Crippen molar-refractivity contribution in [1.29, 1.82) is 0 Å². The predicted molar refractivity (Wildman–Crippen MR) is 116 cm³/mol. The molecule has 0 bridgehead atoms.